The lowest BCUT2D eigenvalue weighted by atomic mass is 10.0. The molecule has 8 heteroatoms. The van der Waals surface area contributed by atoms with Crippen LogP contribution in [0, 0.1) is 0 Å². The van der Waals surface area contributed by atoms with Crippen molar-refractivity contribution in [3.63, 3.8) is 0 Å². The van der Waals surface area contributed by atoms with E-state index in [-0.39, 0.29) is 12.5 Å². The molecule has 1 aliphatic rings. The maximum atomic E-state index is 12.0. The second-order valence-electron chi connectivity index (χ2n) is 4.49. The highest BCUT2D eigenvalue weighted by Gasteiger charge is 2.17. The number of hydrogen-bond acceptors (Lipinski definition) is 6. The van der Waals surface area contributed by atoms with E-state index in [9.17, 15) is 9.59 Å². The predicted octanol–water partition coefficient (Wildman–Crippen LogP) is 2.43. The molecule has 0 spiro atoms. The fraction of sp³-hybridized carbons (Fsp3) is 0.231. The topological polar surface area (TPSA) is 81.2 Å². The molecule has 1 N–H and O–H groups in total. The zero-order valence-corrected chi connectivity index (χ0v) is 12.3. The van der Waals surface area contributed by atoms with E-state index in [4.69, 9.17) is 16.3 Å². The molecule has 21 heavy (non-hydrogen) atoms. The Balaban J connectivity index is 1.70. The average molecular weight is 324 g/mol. The number of ether oxygens (including phenoxy) is 1. The number of benzene rings is 1. The molecule has 2 heterocycles. The number of carbonyl (C=O) groups excluding carboxylic acids is 2. The van der Waals surface area contributed by atoms with Crippen LogP contribution in [0.2, 0.25) is 4.34 Å². The Labute approximate surface area is 129 Å². The van der Waals surface area contributed by atoms with Crippen LogP contribution in [0.1, 0.15) is 28.0 Å². The highest BCUT2D eigenvalue weighted by Crippen LogP contribution is 2.24. The number of nitrogens with one attached hydrogen (secondary N) is 1. The molecule has 1 aliphatic heterocycles. The first kappa shape index (κ1) is 14.0. The smallest absolute Gasteiger partial charge is 0.338 e. The minimum absolute atomic E-state index is 0.0106. The van der Waals surface area contributed by atoms with Crippen LogP contribution in [0.5, 0.6) is 0 Å². The second kappa shape index (κ2) is 5.79. The highest BCUT2D eigenvalue weighted by atomic mass is 35.5. The van der Waals surface area contributed by atoms with Gasteiger partial charge >= 0.3 is 5.97 Å². The first-order chi connectivity index (χ1) is 10.1. The van der Waals surface area contributed by atoms with Crippen molar-refractivity contribution in [1.29, 1.82) is 0 Å². The summed E-state index contributed by atoms with van der Waals surface area (Å²) in [6.45, 7) is -0.0119. The summed E-state index contributed by atoms with van der Waals surface area (Å²) in [7, 11) is 0. The Morgan fingerprint density at radius 3 is 3.05 bits per heavy atom. The number of aryl methyl sites for hydroxylation is 1. The molecule has 0 aliphatic carbocycles. The molecule has 0 atom stereocenters. The fourth-order valence-corrected chi connectivity index (χ4v) is 2.61. The predicted molar refractivity (Wildman–Crippen MR) is 77.4 cm³/mol. The number of esters is 1. The monoisotopic (exact) mass is 323 g/mol. The fourth-order valence-electron chi connectivity index (χ4n) is 2.01. The summed E-state index contributed by atoms with van der Waals surface area (Å²) in [5.74, 6) is -0.470. The lowest BCUT2D eigenvalue weighted by Gasteiger charge is -2.17. The van der Waals surface area contributed by atoms with Gasteiger partial charge in [0, 0.05) is 23.6 Å². The van der Waals surface area contributed by atoms with Gasteiger partial charge in [-0.1, -0.05) is 16.1 Å². The van der Waals surface area contributed by atoms with Gasteiger partial charge in [-0.05, 0) is 30.2 Å². The highest BCUT2D eigenvalue weighted by molar-refractivity contribution is 7.10. The Hall–Kier alpha value is -1.99. The van der Waals surface area contributed by atoms with Crippen LogP contribution in [0.25, 0.3) is 0 Å². The number of nitrogens with zero attached hydrogens (tertiary/aromatic N) is 2. The third-order valence-corrected chi connectivity index (χ3v) is 4.07. The molecule has 0 saturated heterocycles. The summed E-state index contributed by atoms with van der Waals surface area (Å²) in [5, 5.41) is 6.53. The standard InChI is InChI=1S/C13H10ClN3O3S/c14-12-10(16-17-21-12)6-20-13(19)8-1-3-9-7(5-8)2-4-11(18)15-9/h1,3,5H,2,4,6H2,(H,15,18). The van der Waals surface area contributed by atoms with Crippen molar-refractivity contribution in [2.24, 2.45) is 0 Å². The molecule has 0 bridgehead atoms. The van der Waals surface area contributed by atoms with E-state index in [2.05, 4.69) is 14.9 Å². The van der Waals surface area contributed by atoms with E-state index in [1.165, 1.54) is 0 Å². The van der Waals surface area contributed by atoms with Crippen LogP contribution in [0.15, 0.2) is 18.2 Å². The van der Waals surface area contributed by atoms with Crippen LogP contribution in [-0.4, -0.2) is 21.5 Å². The van der Waals surface area contributed by atoms with E-state index >= 15 is 0 Å². The van der Waals surface area contributed by atoms with Gasteiger partial charge in [0.15, 0.2) is 0 Å². The molecule has 0 unspecified atom stereocenters. The van der Waals surface area contributed by atoms with Gasteiger partial charge in [0.25, 0.3) is 0 Å². The number of hydrogen-bond donors (Lipinski definition) is 1. The first-order valence-corrected chi connectivity index (χ1v) is 7.35. The molecule has 108 valence electrons. The van der Waals surface area contributed by atoms with Gasteiger partial charge in [0.2, 0.25) is 5.91 Å². The van der Waals surface area contributed by atoms with Gasteiger partial charge in [-0.25, -0.2) is 4.79 Å². The maximum Gasteiger partial charge on any atom is 0.338 e. The normalized spacial score (nSPS) is 13.5. The lowest BCUT2D eigenvalue weighted by molar-refractivity contribution is -0.116. The van der Waals surface area contributed by atoms with Crippen molar-refractivity contribution in [3.8, 4) is 0 Å². The molecule has 3 rings (SSSR count). The van der Waals surface area contributed by atoms with E-state index in [1.807, 2.05) is 0 Å². The number of halogens is 1. The van der Waals surface area contributed by atoms with Crippen molar-refractivity contribution in [3.05, 3.63) is 39.4 Å². The zero-order chi connectivity index (χ0) is 14.8. The van der Waals surface area contributed by atoms with E-state index < -0.39 is 5.97 Å². The van der Waals surface area contributed by atoms with E-state index in [1.54, 1.807) is 18.2 Å². The van der Waals surface area contributed by atoms with Crippen LogP contribution >= 0.6 is 23.1 Å². The molecular weight excluding hydrogens is 314 g/mol. The van der Waals surface area contributed by atoms with Gasteiger partial charge in [-0.2, -0.15) is 0 Å². The van der Waals surface area contributed by atoms with Crippen molar-refractivity contribution in [1.82, 2.24) is 9.59 Å². The Morgan fingerprint density at radius 2 is 2.29 bits per heavy atom. The van der Waals surface area contributed by atoms with E-state index in [0.29, 0.717) is 28.4 Å². The first-order valence-electron chi connectivity index (χ1n) is 6.20. The van der Waals surface area contributed by atoms with Crippen LogP contribution < -0.4 is 5.32 Å². The quantitative estimate of drug-likeness (QED) is 0.877. The molecule has 0 saturated carbocycles. The third-order valence-electron chi connectivity index (χ3n) is 3.09. The summed E-state index contributed by atoms with van der Waals surface area (Å²) < 4.78 is 9.24. The van der Waals surface area contributed by atoms with Gasteiger partial charge in [-0.15, -0.1) is 5.10 Å². The second-order valence-corrected chi connectivity index (χ2v) is 5.85. The summed E-state index contributed by atoms with van der Waals surface area (Å²) >= 11 is 6.88. The van der Waals surface area contributed by atoms with Gasteiger partial charge in [0.1, 0.15) is 16.6 Å². The number of rotatable bonds is 3. The Morgan fingerprint density at radius 1 is 1.43 bits per heavy atom. The summed E-state index contributed by atoms with van der Waals surface area (Å²) in [4.78, 5) is 23.3. The van der Waals surface area contributed by atoms with Gasteiger partial charge < -0.3 is 10.1 Å². The summed E-state index contributed by atoms with van der Waals surface area (Å²) in [5.41, 5.74) is 2.55. The number of carbonyl (C=O) groups is 2. The molecule has 0 fully saturated rings. The SMILES string of the molecule is O=C1CCc2cc(C(=O)OCc3nnsc3Cl)ccc2N1. The molecule has 1 aromatic carbocycles. The Bertz CT molecular complexity index is 716. The third kappa shape index (κ3) is 3.03. The number of aromatic nitrogens is 2. The lowest BCUT2D eigenvalue weighted by Crippen LogP contribution is -2.19. The molecule has 6 nitrogen and oxygen atoms in total. The van der Waals surface area contributed by atoms with Crippen molar-refractivity contribution in [2.45, 2.75) is 19.4 Å². The zero-order valence-electron chi connectivity index (χ0n) is 10.8. The molecule has 1 amide bonds. The van der Waals surface area contributed by atoms with E-state index in [0.717, 1.165) is 22.8 Å². The maximum absolute atomic E-state index is 12.0. The van der Waals surface area contributed by atoms with Crippen molar-refractivity contribution >= 4 is 40.7 Å². The summed E-state index contributed by atoms with van der Waals surface area (Å²) in [6.07, 6.45) is 1.04. The van der Waals surface area contributed by atoms with Crippen molar-refractivity contribution in [2.75, 3.05) is 5.32 Å². The average Bonchev–Trinajstić information content (AvgIpc) is 2.89. The van der Waals surface area contributed by atoms with Crippen LogP contribution in [0.4, 0.5) is 5.69 Å². The minimum Gasteiger partial charge on any atom is -0.455 e. The molecule has 1 aromatic heterocycles. The molecule has 0 radical (unpaired) electrons. The van der Waals surface area contributed by atoms with Crippen molar-refractivity contribution < 1.29 is 14.3 Å². The summed E-state index contributed by atoms with van der Waals surface area (Å²) in [6, 6.07) is 5.06. The van der Waals surface area contributed by atoms with Gasteiger partial charge in [-0.3, -0.25) is 4.79 Å². The number of anilines is 1. The van der Waals surface area contributed by atoms with Gasteiger partial charge in [0.05, 0.1) is 5.56 Å². The largest absolute Gasteiger partial charge is 0.455 e. The number of amides is 1. The molecular formula is C13H10ClN3O3S. The minimum atomic E-state index is -0.459. The van der Waals surface area contributed by atoms with Crippen LogP contribution in [-0.2, 0) is 22.6 Å². The number of fused-ring (bicyclic) bond motifs is 1. The molecule has 2 aromatic rings. The van der Waals surface area contributed by atoms with Crippen LogP contribution in [0.3, 0.4) is 0 Å². The Kier molecular flexibility index (Phi) is 3.85.